The molecular weight excluding hydrogens is 776 g/mol. The first-order valence-corrected chi connectivity index (χ1v) is 18.8. The summed E-state index contributed by atoms with van der Waals surface area (Å²) in [7, 11) is -16.4. The summed E-state index contributed by atoms with van der Waals surface area (Å²) in [6.07, 6.45) is -12.4. The maximum atomic E-state index is 15.1. The fourth-order valence-corrected chi connectivity index (χ4v) is 8.88. The van der Waals surface area contributed by atoms with Crippen LogP contribution in [0.2, 0.25) is 0 Å². The first-order chi connectivity index (χ1) is 24.2. The summed E-state index contributed by atoms with van der Waals surface area (Å²) in [5.74, 6) is -0.648. The molecule has 0 aromatic carbocycles. The standard InChI is InChI=1S/C21H28FN10O17P3/c1-30-5-32(15-10(30)17(37)29-21(24)27-15)18-8(22)11(33)6(46-18)2-44-50(38,39)48-52(42,43)49-51(40,41)45-3-7-12(34)13(35)19(47-7)31-4-25-9-14(31)26-20(23)28-16(9)36/h4-8,11-13,18-19,33-35H,2-3H2,1H3,(H8-,23,24,26,27,28,29,36,37,38,39,40,41,42,43)/t6-,7+,8-,11-,12+,13+,18-,19+/m0/s1. The van der Waals surface area contributed by atoms with Gasteiger partial charge in [-0.15, -0.1) is 0 Å². The molecule has 2 saturated heterocycles. The molecule has 0 amide bonds. The van der Waals surface area contributed by atoms with E-state index in [1.165, 1.54) is 17.9 Å². The van der Waals surface area contributed by atoms with Crippen molar-refractivity contribution in [2.24, 2.45) is 7.05 Å². The number of aromatic nitrogens is 8. The molecule has 2 aliphatic rings. The van der Waals surface area contributed by atoms with Gasteiger partial charge >= 0.3 is 21.3 Å². The van der Waals surface area contributed by atoms with Crippen LogP contribution in [0.4, 0.5) is 16.3 Å². The van der Waals surface area contributed by atoms with E-state index >= 15 is 4.39 Å². The average Bonchev–Trinajstić information content (AvgIpc) is 3.74. The maximum absolute atomic E-state index is 15.1. The Kier molecular flexibility index (Phi) is 10.1. The van der Waals surface area contributed by atoms with Crippen LogP contribution in [-0.4, -0.2) is 109 Å². The summed E-state index contributed by atoms with van der Waals surface area (Å²) in [5, 5.41) is 31.3. The lowest BCUT2D eigenvalue weighted by Crippen LogP contribution is -2.44. The van der Waals surface area contributed by atoms with E-state index < -0.39 is 96.9 Å². The van der Waals surface area contributed by atoms with Gasteiger partial charge in [-0.1, -0.05) is 4.98 Å². The monoisotopic (exact) mass is 804 g/mol. The minimum Gasteiger partial charge on any atom is -0.756 e. The second-order valence-electron chi connectivity index (χ2n) is 11.2. The minimum absolute atomic E-state index is 0.0557. The Bertz CT molecular complexity index is 2280. The van der Waals surface area contributed by atoms with Gasteiger partial charge in [-0.25, -0.2) is 27.4 Å². The van der Waals surface area contributed by atoms with Crippen molar-refractivity contribution in [2.75, 3.05) is 24.7 Å². The minimum atomic E-state index is -6.09. The molecule has 0 saturated carbocycles. The van der Waals surface area contributed by atoms with Crippen LogP contribution in [-0.2, 0) is 47.9 Å². The van der Waals surface area contributed by atoms with Gasteiger partial charge in [0.2, 0.25) is 17.7 Å². The molecule has 2 fully saturated rings. The van der Waals surface area contributed by atoms with Crippen LogP contribution in [0.3, 0.4) is 0 Å². The normalized spacial score (nSPS) is 30.1. The number of nitrogens with zero attached hydrogens (tertiary/aromatic N) is 6. The summed E-state index contributed by atoms with van der Waals surface area (Å²) in [6.45, 7) is -2.35. The van der Waals surface area contributed by atoms with Gasteiger partial charge in [0.05, 0.1) is 26.6 Å². The first-order valence-electron chi connectivity index (χ1n) is 14.3. The van der Waals surface area contributed by atoms with Crippen LogP contribution in [0.15, 0.2) is 22.2 Å². The second kappa shape index (κ2) is 13.7. The van der Waals surface area contributed by atoms with Crippen molar-refractivity contribution in [2.45, 2.75) is 49.1 Å². The number of aliphatic hydroxyl groups excluding tert-OH is 3. The number of phosphoric ester groups is 2. The average molecular weight is 804 g/mol. The van der Waals surface area contributed by atoms with Crippen LogP contribution in [0, 0.1) is 0 Å². The van der Waals surface area contributed by atoms with Crippen LogP contribution in [0.5, 0.6) is 0 Å². The number of nitrogens with one attached hydrogen (secondary N) is 2. The Balaban J connectivity index is 1.05. The van der Waals surface area contributed by atoms with Crippen molar-refractivity contribution in [3.8, 4) is 0 Å². The zero-order valence-corrected chi connectivity index (χ0v) is 28.6. The number of hydrogen-bond donors (Lipinski definition) is 9. The third-order valence-electron chi connectivity index (χ3n) is 7.63. The van der Waals surface area contributed by atoms with Crippen LogP contribution in [0.25, 0.3) is 22.3 Å². The second-order valence-corrected chi connectivity index (χ2v) is 15.8. The van der Waals surface area contributed by atoms with Crippen molar-refractivity contribution in [3.05, 3.63) is 33.4 Å². The van der Waals surface area contributed by atoms with Gasteiger partial charge in [0.25, 0.3) is 24.9 Å². The van der Waals surface area contributed by atoms with E-state index in [9.17, 15) is 53.3 Å². The van der Waals surface area contributed by atoms with E-state index in [0.717, 1.165) is 15.5 Å². The summed E-state index contributed by atoms with van der Waals surface area (Å²) in [4.78, 5) is 72.6. The van der Waals surface area contributed by atoms with Crippen molar-refractivity contribution in [3.63, 3.8) is 0 Å². The number of nitrogen functional groups attached to an aromatic ring is 2. The molecule has 11 atom stereocenters. The zero-order valence-electron chi connectivity index (χ0n) is 25.9. The molecule has 4 aromatic heterocycles. The quantitative estimate of drug-likeness (QED) is 0.0484. The molecule has 6 heterocycles. The molecule has 27 nitrogen and oxygen atoms in total. The summed E-state index contributed by atoms with van der Waals surface area (Å²) in [6, 6.07) is 0. The lowest BCUT2D eigenvalue weighted by Gasteiger charge is -2.26. The summed E-state index contributed by atoms with van der Waals surface area (Å²) in [5.41, 5.74) is 9.09. The molecular formula is C21H28FN10O17P3. The van der Waals surface area contributed by atoms with E-state index in [4.69, 9.17) is 20.9 Å². The Morgan fingerprint density at radius 1 is 0.962 bits per heavy atom. The molecule has 31 heteroatoms. The number of ether oxygens (including phenoxy) is 2. The van der Waals surface area contributed by atoms with Gasteiger partial charge in [-0.3, -0.25) is 37.8 Å². The number of alkyl halides is 1. The number of aromatic amines is 2. The fourth-order valence-electron chi connectivity index (χ4n) is 5.40. The number of nitrogens with two attached hydrogens (primary N) is 2. The highest BCUT2D eigenvalue weighted by atomic mass is 31.3. The molecule has 0 radical (unpaired) electrons. The molecule has 3 unspecified atom stereocenters. The topological polar surface area (TPSA) is 401 Å². The lowest BCUT2D eigenvalue weighted by atomic mass is 10.1. The Labute approximate surface area is 285 Å². The number of rotatable bonds is 12. The SMILES string of the molecule is Cn1c[n+]([C@H]2O[C@@H](COP(=O)([O-])OP(=O)(O)OP(=O)(O)OC[C@H]3O[C@@H](n4cnc5c(=O)[nH]c(N)nc54)[C@H](O)[C@@H]3O)[C@H](O)[C@@H]2F)c2nc(N)[nH]c(=O)c21. The predicted molar refractivity (Wildman–Crippen MR) is 161 cm³/mol. The molecule has 4 aromatic rings. The number of aryl methyl sites for hydroxylation is 1. The molecule has 11 N–H and O–H groups in total. The molecule has 0 spiro atoms. The van der Waals surface area contributed by atoms with Gasteiger partial charge in [-0.2, -0.15) is 9.29 Å². The highest BCUT2D eigenvalue weighted by Crippen LogP contribution is 2.66. The van der Waals surface area contributed by atoms with Gasteiger partial charge in [0, 0.05) is 0 Å². The third-order valence-corrected chi connectivity index (χ3v) is 11.8. The van der Waals surface area contributed by atoms with Gasteiger partial charge in [-0.05, 0) is 0 Å². The van der Waals surface area contributed by atoms with Crippen LogP contribution < -0.4 is 32.0 Å². The third kappa shape index (κ3) is 7.45. The number of phosphoric acid groups is 3. The van der Waals surface area contributed by atoms with Crippen molar-refractivity contribution >= 4 is 57.7 Å². The Morgan fingerprint density at radius 2 is 1.60 bits per heavy atom. The Morgan fingerprint density at radius 3 is 2.31 bits per heavy atom. The largest absolute Gasteiger partial charge is 0.756 e. The molecule has 52 heavy (non-hydrogen) atoms. The molecule has 2 aliphatic heterocycles. The highest BCUT2D eigenvalue weighted by molar-refractivity contribution is 7.66. The first kappa shape index (κ1) is 38.2. The van der Waals surface area contributed by atoms with Gasteiger partial charge in [0.1, 0.15) is 30.5 Å². The molecule has 0 aliphatic carbocycles. The number of imidazole rings is 2. The van der Waals surface area contributed by atoms with Crippen molar-refractivity contribution in [1.82, 2.24) is 34.1 Å². The van der Waals surface area contributed by atoms with Crippen LogP contribution in [0.1, 0.15) is 12.5 Å². The molecule has 0 bridgehead atoms. The molecule has 286 valence electrons. The van der Waals surface area contributed by atoms with E-state index in [1.54, 1.807) is 0 Å². The van der Waals surface area contributed by atoms with Crippen LogP contribution >= 0.6 is 23.5 Å². The molecule has 6 rings (SSSR count). The number of H-pyrrole nitrogens is 2. The summed E-state index contributed by atoms with van der Waals surface area (Å²) < 4.78 is 83.2. The van der Waals surface area contributed by atoms with Crippen molar-refractivity contribution < 1.29 is 79.8 Å². The predicted octanol–water partition coefficient (Wildman–Crippen LogP) is -4.20. The van der Waals surface area contributed by atoms with Crippen molar-refractivity contribution in [1.29, 1.82) is 0 Å². The van der Waals surface area contributed by atoms with Gasteiger partial charge < -0.3 is 55.5 Å². The number of hydrogen-bond acceptors (Lipinski definition) is 20. The number of anilines is 2. The van der Waals surface area contributed by atoms with E-state index in [-0.39, 0.29) is 34.2 Å². The smallest absolute Gasteiger partial charge is 0.487 e. The number of fused-ring (bicyclic) bond motifs is 2. The van der Waals surface area contributed by atoms with E-state index in [0.29, 0.717) is 0 Å². The highest BCUT2D eigenvalue weighted by Gasteiger charge is 2.50. The zero-order chi connectivity index (χ0) is 38.1. The number of aliphatic hydroxyl groups is 3. The maximum Gasteiger partial charge on any atom is 0.487 e. The fraction of sp³-hybridized carbons (Fsp3) is 0.524. The van der Waals surface area contributed by atoms with Gasteiger partial charge in [0.15, 0.2) is 29.9 Å². The number of halogens is 1. The van der Waals surface area contributed by atoms with E-state index in [1.807, 2.05) is 0 Å². The lowest BCUT2D eigenvalue weighted by molar-refractivity contribution is -0.744. The summed E-state index contributed by atoms with van der Waals surface area (Å²) >= 11 is 0. The van der Waals surface area contributed by atoms with E-state index in [2.05, 4.69) is 42.6 Å². The Hall–Kier alpha value is -3.56.